The summed E-state index contributed by atoms with van der Waals surface area (Å²) in [7, 11) is 1.57. The molecule has 6 heteroatoms. The summed E-state index contributed by atoms with van der Waals surface area (Å²) in [5.41, 5.74) is 4.82. The minimum atomic E-state index is -0.799. The molecule has 2 saturated heterocycles. The standard InChI is InChI=1S/C30H26N2O4/c1-17-8-14-22(18(2)16-17)32-29(34)25-24-15-11-19-6-4-5-7-23(19)31(24)27(26(25)30(32)35)28(33)20-9-12-21(36-3)13-10-20/h4-16,24-27H,1-3H3/t24-,25-,26-,27+/m0/s1. The quantitative estimate of drug-likeness (QED) is 0.406. The van der Waals surface area contributed by atoms with Gasteiger partial charge in [0.2, 0.25) is 11.8 Å². The van der Waals surface area contributed by atoms with Crippen LogP contribution in [0.3, 0.4) is 0 Å². The summed E-state index contributed by atoms with van der Waals surface area (Å²) in [5, 5.41) is 0. The average molecular weight is 479 g/mol. The summed E-state index contributed by atoms with van der Waals surface area (Å²) in [6, 6.07) is 19.2. The van der Waals surface area contributed by atoms with Gasteiger partial charge in [-0.3, -0.25) is 14.4 Å². The number of methoxy groups -OCH3 is 1. The molecule has 0 aliphatic carbocycles. The van der Waals surface area contributed by atoms with Crippen LogP contribution in [-0.2, 0) is 9.59 Å². The van der Waals surface area contributed by atoms with E-state index in [1.165, 1.54) is 4.90 Å². The van der Waals surface area contributed by atoms with E-state index in [9.17, 15) is 14.4 Å². The predicted octanol–water partition coefficient (Wildman–Crippen LogP) is 4.58. The van der Waals surface area contributed by atoms with E-state index in [4.69, 9.17) is 4.74 Å². The van der Waals surface area contributed by atoms with Crippen molar-refractivity contribution in [3.8, 4) is 5.75 Å². The summed E-state index contributed by atoms with van der Waals surface area (Å²) in [6.45, 7) is 3.88. The fourth-order valence-electron chi connectivity index (χ4n) is 6.03. The zero-order chi connectivity index (χ0) is 25.1. The Morgan fingerprint density at radius 3 is 2.31 bits per heavy atom. The summed E-state index contributed by atoms with van der Waals surface area (Å²) < 4.78 is 5.25. The smallest absolute Gasteiger partial charge is 0.240 e. The number of nitrogens with zero attached hydrogens (tertiary/aromatic N) is 2. The number of aryl methyl sites for hydroxylation is 2. The van der Waals surface area contributed by atoms with Gasteiger partial charge in [0.25, 0.3) is 0 Å². The predicted molar refractivity (Wildman–Crippen MR) is 138 cm³/mol. The molecule has 0 unspecified atom stereocenters. The lowest BCUT2D eigenvalue weighted by Crippen LogP contribution is -2.49. The Morgan fingerprint density at radius 1 is 0.861 bits per heavy atom. The zero-order valence-corrected chi connectivity index (χ0v) is 20.3. The fourth-order valence-corrected chi connectivity index (χ4v) is 6.03. The largest absolute Gasteiger partial charge is 0.497 e. The first-order valence-electron chi connectivity index (χ1n) is 12.1. The summed E-state index contributed by atoms with van der Waals surface area (Å²) in [4.78, 5) is 45.3. The molecule has 3 aromatic rings. The van der Waals surface area contributed by atoms with Crippen molar-refractivity contribution in [1.82, 2.24) is 0 Å². The van der Waals surface area contributed by atoms with Crippen LogP contribution in [0.1, 0.15) is 27.0 Å². The highest BCUT2D eigenvalue weighted by Gasteiger charge is 2.64. The van der Waals surface area contributed by atoms with E-state index in [0.717, 1.165) is 22.4 Å². The Morgan fingerprint density at radius 2 is 1.58 bits per heavy atom. The summed E-state index contributed by atoms with van der Waals surface area (Å²) in [6.07, 6.45) is 3.96. The van der Waals surface area contributed by atoms with E-state index in [1.54, 1.807) is 31.4 Å². The Kier molecular flexibility index (Phi) is 5.07. The lowest BCUT2D eigenvalue weighted by atomic mass is 9.86. The fraction of sp³-hybridized carbons (Fsp3) is 0.233. The van der Waals surface area contributed by atoms with Gasteiger partial charge in [-0.05, 0) is 61.4 Å². The molecule has 3 aliphatic rings. The minimum Gasteiger partial charge on any atom is -0.497 e. The molecule has 0 bridgehead atoms. The van der Waals surface area contributed by atoms with Crippen LogP contribution >= 0.6 is 0 Å². The number of anilines is 2. The van der Waals surface area contributed by atoms with E-state index < -0.39 is 17.9 Å². The molecule has 0 saturated carbocycles. The van der Waals surface area contributed by atoms with Gasteiger partial charge in [-0.25, -0.2) is 4.90 Å². The van der Waals surface area contributed by atoms with Crippen molar-refractivity contribution in [2.75, 3.05) is 16.9 Å². The van der Waals surface area contributed by atoms with Gasteiger partial charge < -0.3 is 9.64 Å². The van der Waals surface area contributed by atoms with Gasteiger partial charge in [0.15, 0.2) is 5.78 Å². The molecule has 180 valence electrons. The average Bonchev–Trinajstić information content (AvgIpc) is 3.37. The minimum absolute atomic E-state index is 0.177. The monoisotopic (exact) mass is 478 g/mol. The third-order valence-electron chi connectivity index (χ3n) is 7.65. The lowest BCUT2D eigenvalue weighted by Gasteiger charge is -2.36. The molecule has 2 amide bonds. The van der Waals surface area contributed by atoms with Crippen LogP contribution in [0.5, 0.6) is 5.75 Å². The number of carbonyl (C=O) groups excluding carboxylic acids is 3. The van der Waals surface area contributed by atoms with Crippen molar-refractivity contribution >= 4 is 35.0 Å². The third-order valence-corrected chi connectivity index (χ3v) is 7.65. The number of hydrogen-bond donors (Lipinski definition) is 0. The highest BCUT2D eigenvalue weighted by atomic mass is 16.5. The molecule has 6 rings (SSSR count). The highest BCUT2D eigenvalue weighted by molar-refractivity contribution is 6.26. The molecular formula is C30H26N2O4. The van der Waals surface area contributed by atoms with Crippen molar-refractivity contribution in [3.05, 3.63) is 95.1 Å². The number of Topliss-reactive ketones (excluding diaryl/α,β-unsaturated/α-hetero) is 1. The lowest BCUT2D eigenvalue weighted by molar-refractivity contribution is -0.122. The van der Waals surface area contributed by atoms with E-state index in [1.807, 2.05) is 73.4 Å². The molecule has 0 N–H and O–H groups in total. The molecule has 3 aliphatic heterocycles. The topological polar surface area (TPSA) is 66.9 Å². The number of para-hydroxylation sites is 1. The molecule has 0 spiro atoms. The number of carbonyl (C=O) groups is 3. The number of benzene rings is 3. The first-order chi connectivity index (χ1) is 17.4. The molecule has 6 nitrogen and oxygen atoms in total. The number of rotatable bonds is 4. The van der Waals surface area contributed by atoms with Crippen LogP contribution in [0.2, 0.25) is 0 Å². The van der Waals surface area contributed by atoms with Crippen LogP contribution in [0.15, 0.2) is 72.8 Å². The molecule has 36 heavy (non-hydrogen) atoms. The van der Waals surface area contributed by atoms with E-state index in [2.05, 4.69) is 0 Å². The SMILES string of the molecule is COc1ccc(C(=O)[C@H]2[C@H]3C(=O)N(c4ccc(C)cc4C)C(=O)[C@H]3[C@@H]3C=Cc4ccccc4N32)cc1. The van der Waals surface area contributed by atoms with E-state index >= 15 is 0 Å². The van der Waals surface area contributed by atoms with Crippen molar-refractivity contribution in [2.24, 2.45) is 11.8 Å². The molecule has 0 aromatic heterocycles. The molecule has 3 heterocycles. The number of hydrogen-bond acceptors (Lipinski definition) is 5. The Balaban J connectivity index is 1.48. The van der Waals surface area contributed by atoms with Crippen LogP contribution in [-0.4, -0.2) is 36.8 Å². The number of ketones is 1. The maximum atomic E-state index is 14.1. The second kappa shape index (κ2) is 8.19. The van der Waals surface area contributed by atoms with Gasteiger partial charge in [-0.1, -0.05) is 48.0 Å². The third kappa shape index (κ3) is 3.14. The number of imide groups is 1. The molecule has 2 fully saturated rings. The van der Waals surface area contributed by atoms with Gasteiger partial charge in [0.05, 0.1) is 30.7 Å². The van der Waals surface area contributed by atoms with Crippen LogP contribution < -0.4 is 14.5 Å². The second-order valence-electron chi connectivity index (χ2n) is 9.71. The Bertz CT molecular complexity index is 1440. The second-order valence-corrected chi connectivity index (χ2v) is 9.71. The van der Waals surface area contributed by atoms with Gasteiger partial charge >= 0.3 is 0 Å². The molecular weight excluding hydrogens is 452 g/mol. The molecule has 4 atom stereocenters. The number of amides is 2. The van der Waals surface area contributed by atoms with Gasteiger partial charge in [0, 0.05) is 11.3 Å². The highest BCUT2D eigenvalue weighted by Crippen LogP contribution is 2.50. The number of ether oxygens (including phenoxy) is 1. The van der Waals surface area contributed by atoms with Crippen LogP contribution in [0.25, 0.3) is 6.08 Å². The van der Waals surface area contributed by atoms with Gasteiger partial charge in [0.1, 0.15) is 11.8 Å². The first kappa shape index (κ1) is 22.3. The van der Waals surface area contributed by atoms with Crippen molar-refractivity contribution in [2.45, 2.75) is 25.9 Å². The van der Waals surface area contributed by atoms with Crippen molar-refractivity contribution in [3.63, 3.8) is 0 Å². The normalized spacial score (nSPS) is 24.0. The van der Waals surface area contributed by atoms with E-state index in [-0.39, 0.29) is 23.6 Å². The van der Waals surface area contributed by atoms with Crippen molar-refractivity contribution < 1.29 is 19.1 Å². The molecule has 3 aromatic carbocycles. The maximum absolute atomic E-state index is 14.1. The summed E-state index contributed by atoms with van der Waals surface area (Å²) in [5.74, 6) is -1.52. The first-order valence-corrected chi connectivity index (χ1v) is 12.1. The number of fused-ring (bicyclic) bond motifs is 5. The van der Waals surface area contributed by atoms with Gasteiger partial charge in [-0.15, -0.1) is 0 Å². The van der Waals surface area contributed by atoms with Crippen LogP contribution in [0.4, 0.5) is 11.4 Å². The Labute approximate surface area is 209 Å². The maximum Gasteiger partial charge on any atom is 0.240 e. The van der Waals surface area contributed by atoms with Crippen LogP contribution in [0, 0.1) is 25.7 Å². The Hall–Kier alpha value is -4.19. The van der Waals surface area contributed by atoms with Gasteiger partial charge in [-0.2, -0.15) is 0 Å². The van der Waals surface area contributed by atoms with E-state index in [0.29, 0.717) is 17.0 Å². The van der Waals surface area contributed by atoms with Crippen molar-refractivity contribution in [1.29, 1.82) is 0 Å². The zero-order valence-electron chi connectivity index (χ0n) is 20.3. The molecule has 0 radical (unpaired) electrons. The summed E-state index contributed by atoms with van der Waals surface area (Å²) >= 11 is 0.